The topological polar surface area (TPSA) is 137 Å². The van der Waals surface area contributed by atoms with Crippen molar-refractivity contribution in [1.29, 1.82) is 0 Å². The van der Waals surface area contributed by atoms with Crippen molar-refractivity contribution in [3.63, 3.8) is 0 Å². The molecule has 3 atom stereocenters. The number of pyridine rings is 1. The smallest absolute Gasteiger partial charge is 0.433 e. The number of esters is 1. The van der Waals surface area contributed by atoms with Crippen LogP contribution >= 0.6 is 11.6 Å². The van der Waals surface area contributed by atoms with E-state index in [1.54, 1.807) is 30.5 Å². The van der Waals surface area contributed by atoms with Gasteiger partial charge in [0.1, 0.15) is 34.6 Å². The van der Waals surface area contributed by atoms with E-state index in [1.165, 1.54) is 12.1 Å². The van der Waals surface area contributed by atoms with Gasteiger partial charge in [0.25, 0.3) is 11.8 Å². The van der Waals surface area contributed by atoms with Gasteiger partial charge in [0.15, 0.2) is 0 Å². The molecule has 2 aromatic heterocycles. The summed E-state index contributed by atoms with van der Waals surface area (Å²) in [5.74, 6) is -3.72. The van der Waals surface area contributed by atoms with Gasteiger partial charge in [0, 0.05) is 45.5 Å². The lowest BCUT2D eigenvalue weighted by Gasteiger charge is -2.29. The number of aromatic nitrogens is 2. The molecular formula is C33H23ClF3N5O5. The number of rotatable bonds is 5. The summed E-state index contributed by atoms with van der Waals surface area (Å²) in [5, 5.41) is 15.8. The molecule has 0 bridgehead atoms. The van der Waals surface area contributed by atoms with E-state index >= 15 is 0 Å². The van der Waals surface area contributed by atoms with Crippen molar-refractivity contribution in [3.8, 4) is 0 Å². The summed E-state index contributed by atoms with van der Waals surface area (Å²) in [6.45, 7) is 0. The third-order valence-corrected chi connectivity index (χ3v) is 8.78. The Balaban J connectivity index is 1.23. The first-order valence-corrected chi connectivity index (χ1v) is 14.8. The Bertz CT molecular complexity index is 2150. The maximum Gasteiger partial charge on any atom is 0.433 e. The molecule has 4 heterocycles. The van der Waals surface area contributed by atoms with E-state index < -0.39 is 53.4 Å². The standard InChI is InChI=1S/C33H23ClF3N5O5/c1-47-32(46)29-20(13-34)27-19-11-26(33(35,36)37)41-28(19)25(43)12-24(27)42(29)31(45)23-10-17-8-18(6-7-21(17)40-23)39-30(44)22-9-15-4-2-3-5-16(15)14-38-22/h2-12,14,20,24,29,40,43H,13H2,1H3,(H,39,44). The number of carbonyl (C=O) groups is 3. The highest BCUT2D eigenvalue weighted by Gasteiger charge is 2.54. The Morgan fingerprint density at radius 3 is 2.57 bits per heavy atom. The normalized spacial score (nSPS) is 20.5. The largest absolute Gasteiger partial charge is 0.506 e. The molecule has 0 radical (unpaired) electrons. The summed E-state index contributed by atoms with van der Waals surface area (Å²) in [5.41, 5.74) is -0.127. The Morgan fingerprint density at radius 2 is 1.85 bits per heavy atom. The number of benzene rings is 2. The first kappa shape index (κ1) is 30.2. The highest BCUT2D eigenvalue weighted by atomic mass is 35.5. The quantitative estimate of drug-likeness (QED) is 0.182. The van der Waals surface area contributed by atoms with E-state index in [9.17, 15) is 32.7 Å². The van der Waals surface area contributed by atoms with Crippen LogP contribution in [0.2, 0.25) is 0 Å². The zero-order chi connectivity index (χ0) is 33.2. The maximum atomic E-state index is 14.1. The van der Waals surface area contributed by atoms with Crippen LogP contribution in [0.1, 0.15) is 21.0 Å². The van der Waals surface area contributed by atoms with Crippen LogP contribution in [0.15, 0.2) is 101 Å². The first-order chi connectivity index (χ1) is 22.5. The molecule has 3 unspecified atom stereocenters. The fourth-order valence-electron chi connectivity index (χ4n) is 6.33. The minimum absolute atomic E-state index is 0.0402. The van der Waals surface area contributed by atoms with Gasteiger partial charge in [-0.2, -0.15) is 13.2 Å². The highest BCUT2D eigenvalue weighted by molar-refractivity contribution is 6.20. The number of hydrogen-bond acceptors (Lipinski definition) is 7. The average molecular weight is 662 g/mol. The van der Waals surface area contributed by atoms with Crippen molar-refractivity contribution in [3.05, 3.63) is 107 Å². The fourth-order valence-corrected chi connectivity index (χ4v) is 6.66. The molecular weight excluding hydrogens is 639 g/mol. The molecule has 1 aliphatic carbocycles. The van der Waals surface area contributed by atoms with Gasteiger partial charge in [-0.1, -0.05) is 24.3 Å². The lowest BCUT2D eigenvalue weighted by Crippen LogP contribution is -2.47. The molecule has 2 amide bonds. The molecule has 2 aromatic carbocycles. The molecule has 47 heavy (non-hydrogen) atoms. The summed E-state index contributed by atoms with van der Waals surface area (Å²) in [4.78, 5) is 52.2. The van der Waals surface area contributed by atoms with Gasteiger partial charge in [-0.05, 0) is 53.4 Å². The van der Waals surface area contributed by atoms with Crippen LogP contribution in [0.25, 0.3) is 21.7 Å². The van der Waals surface area contributed by atoms with E-state index in [0.717, 1.165) is 28.9 Å². The van der Waals surface area contributed by atoms with Crippen LogP contribution in [-0.4, -0.2) is 74.7 Å². The number of carbonyl (C=O) groups excluding carboxylic acids is 3. The van der Waals surface area contributed by atoms with Gasteiger partial charge < -0.3 is 25.0 Å². The molecule has 1 saturated heterocycles. The lowest BCUT2D eigenvalue weighted by atomic mass is 9.85. The number of aliphatic imine (C=N–C) groups is 1. The number of nitrogens with zero attached hydrogens (tertiary/aromatic N) is 3. The van der Waals surface area contributed by atoms with Gasteiger partial charge in [0.05, 0.1) is 13.2 Å². The van der Waals surface area contributed by atoms with Crippen LogP contribution in [0.5, 0.6) is 0 Å². The summed E-state index contributed by atoms with van der Waals surface area (Å²) < 4.78 is 45.7. The number of aromatic amines is 1. The van der Waals surface area contributed by atoms with E-state index in [0.29, 0.717) is 16.6 Å². The number of amides is 2. The summed E-state index contributed by atoms with van der Waals surface area (Å²) in [6, 6.07) is 13.2. The van der Waals surface area contributed by atoms with Crippen LogP contribution in [-0.2, 0) is 9.53 Å². The molecule has 3 N–H and O–H groups in total. The summed E-state index contributed by atoms with van der Waals surface area (Å²) in [7, 11) is 1.12. The van der Waals surface area contributed by atoms with Gasteiger partial charge in [-0.15, -0.1) is 11.6 Å². The van der Waals surface area contributed by atoms with Crippen LogP contribution < -0.4 is 5.32 Å². The Labute approximate surface area is 268 Å². The number of ether oxygens (including phenoxy) is 1. The maximum absolute atomic E-state index is 14.1. The van der Waals surface area contributed by atoms with E-state index in [1.807, 2.05) is 24.3 Å². The molecule has 4 aromatic rings. The number of H-pyrrole nitrogens is 1. The van der Waals surface area contributed by atoms with Crippen molar-refractivity contribution >= 4 is 62.5 Å². The third-order valence-electron chi connectivity index (χ3n) is 8.44. The van der Waals surface area contributed by atoms with E-state index in [-0.39, 0.29) is 34.1 Å². The second-order valence-corrected chi connectivity index (χ2v) is 11.5. The Morgan fingerprint density at radius 1 is 1.09 bits per heavy atom. The first-order valence-electron chi connectivity index (χ1n) is 14.3. The fraction of sp³-hybridized carbons (Fsp3) is 0.182. The zero-order valence-electron chi connectivity index (χ0n) is 24.3. The van der Waals surface area contributed by atoms with Gasteiger partial charge in [0.2, 0.25) is 0 Å². The molecule has 2 aliphatic heterocycles. The number of methoxy groups -OCH3 is 1. The Kier molecular flexibility index (Phi) is 7.16. The number of fused-ring (bicyclic) bond motifs is 4. The van der Waals surface area contributed by atoms with Gasteiger partial charge in [-0.25, -0.2) is 9.79 Å². The predicted molar refractivity (Wildman–Crippen MR) is 167 cm³/mol. The van der Waals surface area contributed by atoms with Crippen LogP contribution in [0, 0.1) is 5.92 Å². The van der Waals surface area contributed by atoms with Crippen LogP contribution in [0.4, 0.5) is 18.9 Å². The zero-order valence-corrected chi connectivity index (χ0v) is 25.1. The number of likely N-dealkylation sites (tertiary alicyclic amines) is 1. The van der Waals surface area contributed by atoms with Gasteiger partial charge in [-0.3, -0.25) is 14.6 Å². The second-order valence-electron chi connectivity index (χ2n) is 11.2. The summed E-state index contributed by atoms with van der Waals surface area (Å²) in [6.07, 6.45) is -1.22. The van der Waals surface area contributed by atoms with Crippen LogP contribution in [0.3, 0.4) is 0 Å². The van der Waals surface area contributed by atoms with Gasteiger partial charge >= 0.3 is 12.1 Å². The lowest BCUT2D eigenvalue weighted by molar-refractivity contribution is -0.146. The molecule has 238 valence electrons. The number of anilines is 1. The summed E-state index contributed by atoms with van der Waals surface area (Å²) >= 11 is 6.30. The average Bonchev–Trinajstić information content (AvgIpc) is 3.77. The number of allylic oxidation sites excluding steroid dienone is 3. The Hall–Kier alpha value is -5.43. The predicted octanol–water partition coefficient (Wildman–Crippen LogP) is 5.84. The number of aliphatic hydroxyl groups excluding tert-OH is 1. The minimum Gasteiger partial charge on any atom is -0.506 e. The molecule has 1 fully saturated rings. The van der Waals surface area contributed by atoms with Crippen molar-refractivity contribution < 1.29 is 37.4 Å². The number of halogens is 4. The number of hydrogen-bond donors (Lipinski definition) is 3. The monoisotopic (exact) mass is 661 g/mol. The minimum atomic E-state index is -4.80. The SMILES string of the molecule is COC(=O)C1C(CCl)C2=C3C=C(C(F)(F)F)N=C3C(O)=CC2N1C(=O)c1cc2cc(NC(=O)c3cc4ccccc4cn3)ccc2[nH]1. The highest BCUT2D eigenvalue weighted by Crippen LogP contribution is 2.46. The molecule has 14 heteroatoms. The number of alkyl halides is 4. The molecule has 0 saturated carbocycles. The van der Waals surface area contributed by atoms with Crippen molar-refractivity contribution in [1.82, 2.24) is 14.9 Å². The second kappa shape index (κ2) is 11.1. The van der Waals surface area contributed by atoms with Crippen molar-refractivity contribution in [2.75, 3.05) is 18.3 Å². The number of aliphatic hydroxyl groups is 1. The third kappa shape index (κ3) is 5.03. The molecule has 0 spiro atoms. The molecule has 3 aliphatic rings. The van der Waals surface area contributed by atoms with Crippen molar-refractivity contribution in [2.24, 2.45) is 10.9 Å². The molecule has 10 nitrogen and oxygen atoms in total. The van der Waals surface area contributed by atoms with E-state index in [4.69, 9.17) is 16.3 Å². The number of nitrogens with one attached hydrogen (secondary N) is 2. The van der Waals surface area contributed by atoms with Crippen molar-refractivity contribution in [2.45, 2.75) is 18.3 Å². The van der Waals surface area contributed by atoms with E-state index in [2.05, 4.69) is 20.3 Å². The molecule has 7 rings (SSSR count).